The van der Waals surface area contributed by atoms with Crippen molar-refractivity contribution in [1.29, 1.82) is 5.26 Å². The number of hydrogen-bond acceptors (Lipinski definition) is 5. The second-order valence-corrected chi connectivity index (χ2v) is 6.24. The molecule has 1 heterocycles. The van der Waals surface area contributed by atoms with Crippen LogP contribution in [0.2, 0.25) is 0 Å². The van der Waals surface area contributed by atoms with E-state index in [1.54, 1.807) is 29.2 Å². The number of nitrogens with one attached hydrogen (secondary N) is 1. The summed E-state index contributed by atoms with van der Waals surface area (Å²) in [6, 6.07) is 8.91. The molecule has 2 unspecified atom stereocenters. The zero-order valence-corrected chi connectivity index (χ0v) is 13.5. The molecule has 6 heteroatoms. The van der Waals surface area contributed by atoms with Gasteiger partial charge in [-0.3, -0.25) is 9.59 Å². The highest BCUT2D eigenvalue weighted by atomic mass is 16.5. The first kappa shape index (κ1) is 16.5. The van der Waals surface area contributed by atoms with Gasteiger partial charge in [0.25, 0.3) is 0 Å². The minimum Gasteiger partial charge on any atom is -0.377 e. The molecule has 24 heavy (non-hydrogen) atoms. The van der Waals surface area contributed by atoms with Gasteiger partial charge < -0.3 is 15.0 Å². The fourth-order valence-corrected chi connectivity index (χ4v) is 3.46. The lowest BCUT2D eigenvalue weighted by Gasteiger charge is -2.38. The molecule has 1 aromatic carbocycles. The fourth-order valence-electron chi connectivity index (χ4n) is 3.46. The highest BCUT2D eigenvalue weighted by Gasteiger charge is 2.39. The molecule has 0 radical (unpaired) electrons. The Balaban J connectivity index is 1.61. The number of anilines is 1. The van der Waals surface area contributed by atoms with Gasteiger partial charge >= 0.3 is 0 Å². The number of carbonyl (C=O) groups excluding carboxylic acids is 2. The molecule has 1 aliphatic heterocycles. The molecule has 1 aromatic rings. The van der Waals surface area contributed by atoms with Crippen LogP contribution in [0.5, 0.6) is 0 Å². The molecule has 126 valence electrons. The van der Waals surface area contributed by atoms with Crippen LogP contribution in [-0.4, -0.2) is 48.9 Å². The quantitative estimate of drug-likeness (QED) is 0.907. The number of Topliss-reactive ketones (excluding diaryl/α,β-unsaturated/α-hetero) is 1. The summed E-state index contributed by atoms with van der Waals surface area (Å²) < 4.78 is 5.51. The van der Waals surface area contributed by atoms with Crippen molar-refractivity contribution in [2.24, 2.45) is 5.92 Å². The second-order valence-electron chi connectivity index (χ2n) is 6.24. The lowest BCUT2D eigenvalue weighted by Crippen LogP contribution is -2.54. The number of hydrogen-bond donors (Lipinski definition) is 1. The Hall–Kier alpha value is -2.39. The highest BCUT2D eigenvalue weighted by Crippen LogP contribution is 2.29. The van der Waals surface area contributed by atoms with Crippen LogP contribution in [0.3, 0.4) is 0 Å². The number of benzene rings is 1. The largest absolute Gasteiger partial charge is 0.377 e. The van der Waals surface area contributed by atoms with Crippen LogP contribution in [0.25, 0.3) is 0 Å². The molecule has 1 saturated heterocycles. The summed E-state index contributed by atoms with van der Waals surface area (Å²) in [6.07, 6.45) is 2.37. The molecule has 1 N–H and O–H groups in total. The third-order valence-corrected chi connectivity index (χ3v) is 4.76. The van der Waals surface area contributed by atoms with E-state index >= 15 is 0 Å². The van der Waals surface area contributed by atoms with Crippen LogP contribution in [0.4, 0.5) is 5.69 Å². The van der Waals surface area contributed by atoms with Crippen molar-refractivity contribution in [3.8, 4) is 6.07 Å². The number of morpholine rings is 1. The topological polar surface area (TPSA) is 82.4 Å². The maximum atomic E-state index is 12.6. The number of rotatable bonds is 4. The summed E-state index contributed by atoms with van der Waals surface area (Å²) in [5.74, 6) is 0.153. The lowest BCUT2D eigenvalue weighted by atomic mass is 9.95. The summed E-state index contributed by atoms with van der Waals surface area (Å²) in [7, 11) is 0. The van der Waals surface area contributed by atoms with Crippen LogP contribution in [0.1, 0.15) is 24.8 Å². The van der Waals surface area contributed by atoms with Gasteiger partial charge in [-0.15, -0.1) is 0 Å². The minimum absolute atomic E-state index is 0.0210. The SMILES string of the molecule is N#Cc1ccc(NCC(=O)N2CCOCC2C2CCCC2=O)cc1. The molecule has 2 aliphatic rings. The smallest absolute Gasteiger partial charge is 0.242 e. The highest BCUT2D eigenvalue weighted by molar-refractivity contribution is 5.86. The van der Waals surface area contributed by atoms with E-state index in [0.717, 1.165) is 18.5 Å². The maximum Gasteiger partial charge on any atom is 0.242 e. The van der Waals surface area contributed by atoms with Crippen molar-refractivity contribution in [3.63, 3.8) is 0 Å². The van der Waals surface area contributed by atoms with Crippen molar-refractivity contribution in [2.75, 3.05) is 31.6 Å². The third kappa shape index (κ3) is 3.57. The molecule has 0 spiro atoms. The summed E-state index contributed by atoms with van der Waals surface area (Å²) in [4.78, 5) is 26.5. The van der Waals surface area contributed by atoms with Gasteiger partial charge in [0.15, 0.2) is 0 Å². The van der Waals surface area contributed by atoms with Crippen LogP contribution in [-0.2, 0) is 14.3 Å². The molecule has 1 amide bonds. The van der Waals surface area contributed by atoms with Gasteiger partial charge in [0.05, 0.1) is 37.4 Å². The van der Waals surface area contributed by atoms with E-state index in [-0.39, 0.29) is 30.2 Å². The Morgan fingerprint density at radius 2 is 2.17 bits per heavy atom. The zero-order valence-electron chi connectivity index (χ0n) is 13.5. The lowest BCUT2D eigenvalue weighted by molar-refractivity contribution is -0.142. The Morgan fingerprint density at radius 1 is 1.38 bits per heavy atom. The van der Waals surface area contributed by atoms with Crippen molar-refractivity contribution in [1.82, 2.24) is 4.90 Å². The molecule has 0 bridgehead atoms. The fraction of sp³-hybridized carbons (Fsp3) is 0.500. The Bertz CT molecular complexity index is 650. The van der Waals surface area contributed by atoms with Gasteiger partial charge in [-0.2, -0.15) is 5.26 Å². The van der Waals surface area contributed by atoms with Crippen LogP contribution in [0, 0.1) is 17.2 Å². The van der Waals surface area contributed by atoms with Crippen molar-refractivity contribution in [3.05, 3.63) is 29.8 Å². The average molecular weight is 327 g/mol. The average Bonchev–Trinajstić information content (AvgIpc) is 3.06. The standard InChI is InChI=1S/C18H21N3O3/c19-10-13-4-6-14(7-5-13)20-11-18(23)21-8-9-24-12-16(21)15-2-1-3-17(15)22/h4-7,15-16,20H,1-3,8-9,11-12H2. The van der Waals surface area contributed by atoms with Crippen LogP contribution in [0.15, 0.2) is 24.3 Å². The van der Waals surface area contributed by atoms with E-state index < -0.39 is 0 Å². The molecule has 2 atom stereocenters. The van der Waals surface area contributed by atoms with E-state index in [0.29, 0.717) is 31.7 Å². The van der Waals surface area contributed by atoms with E-state index in [1.165, 1.54) is 0 Å². The molecule has 6 nitrogen and oxygen atoms in total. The van der Waals surface area contributed by atoms with Gasteiger partial charge in [0.2, 0.25) is 5.91 Å². The van der Waals surface area contributed by atoms with Gasteiger partial charge in [-0.25, -0.2) is 0 Å². The summed E-state index contributed by atoms with van der Waals surface area (Å²) >= 11 is 0. The second kappa shape index (κ2) is 7.45. The van der Waals surface area contributed by atoms with Crippen molar-refractivity contribution in [2.45, 2.75) is 25.3 Å². The number of ether oxygens (including phenoxy) is 1. The predicted octanol–water partition coefficient (Wildman–Crippen LogP) is 1.57. The van der Waals surface area contributed by atoms with E-state index in [1.807, 2.05) is 0 Å². The number of amides is 1. The molecule has 1 saturated carbocycles. The first-order valence-corrected chi connectivity index (χ1v) is 8.33. The molecular formula is C18H21N3O3. The van der Waals surface area contributed by atoms with Crippen molar-refractivity contribution >= 4 is 17.4 Å². The van der Waals surface area contributed by atoms with Crippen LogP contribution < -0.4 is 5.32 Å². The van der Waals surface area contributed by atoms with Gasteiger partial charge in [0, 0.05) is 24.6 Å². The number of carbonyl (C=O) groups is 2. The summed E-state index contributed by atoms with van der Waals surface area (Å²) in [6.45, 7) is 1.66. The number of ketones is 1. The normalized spacial score (nSPS) is 23.8. The molecule has 3 rings (SSSR count). The Morgan fingerprint density at radius 3 is 2.83 bits per heavy atom. The molecule has 2 fully saturated rings. The summed E-state index contributed by atoms with van der Waals surface area (Å²) in [5.41, 5.74) is 1.38. The predicted molar refractivity (Wildman–Crippen MR) is 88.3 cm³/mol. The first-order valence-electron chi connectivity index (χ1n) is 8.33. The van der Waals surface area contributed by atoms with Gasteiger partial charge in [0.1, 0.15) is 5.78 Å². The van der Waals surface area contributed by atoms with Gasteiger partial charge in [-0.1, -0.05) is 0 Å². The molecule has 1 aliphatic carbocycles. The zero-order chi connectivity index (χ0) is 16.9. The van der Waals surface area contributed by atoms with E-state index in [9.17, 15) is 9.59 Å². The van der Waals surface area contributed by atoms with E-state index in [2.05, 4.69) is 11.4 Å². The number of nitrogens with zero attached hydrogens (tertiary/aromatic N) is 2. The van der Waals surface area contributed by atoms with Gasteiger partial charge in [-0.05, 0) is 37.1 Å². The molecule has 0 aromatic heterocycles. The maximum absolute atomic E-state index is 12.6. The van der Waals surface area contributed by atoms with Crippen molar-refractivity contribution < 1.29 is 14.3 Å². The Kier molecular flexibility index (Phi) is 5.11. The molecular weight excluding hydrogens is 306 g/mol. The number of nitriles is 1. The van der Waals surface area contributed by atoms with Crippen LogP contribution >= 0.6 is 0 Å². The van der Waals surface area contributed by atoms with E-state index in [4.69, 9.17) is 10.00 Å². The Labute approximate surface area is 141 Å². The first-order chi connectivity index (χ1) is 11.7. The minimum atomic E-state index is -0.135. The summed E-state index contributed by atoms with van der Waals surface area (Å²) in [5, 5.41) is 11.9. The monoisotopic (exact) mass is 327 g/mol. The third-order valence-electron chi connectivity index (χ3n) is 4.76.